The van der Waals surface area contributed by atoms with E-state index in [1.807, 2.05) is 30.3 Å². The summed E-state index contributed by atoms with van der Waals surface area (Å²) >= 11 is 0. The lowest BCUT2D eigenvalue weighted by molar-refractivity contribution is 0.182. The first kappa shape index (κ1) is 18.9. The summed E-state index contributed by atoms with van der Waals surface area (Å²) in [5.74, 6) is -1.60. The van der Waals surface area contributed by atoms with Crippen molar-refractivity contribution in [1.29, 1.82) is 0 Å². The molecule has 0 bridgehead atoms. The van der Waals surface area contributed by atoms with Crippen LogP contribution in [0, 0.1) is 11.6 Å². The first-order valence-corrected chi connectivity index (χ1v) is 8.14. The number of halogens is 2. The van der Waals surface area contributed by atoms with E-state index in [-0.39, 0.29) is 0 Å². The highest BCUT2D eigenvalue weighted by atomic mass is 19.1. The maximum Gasteiger partial charge on any atom is 0.322 e. The molecule has 2 rings (SSSR count). The average Bonchev–Trinajstić information content (AvgIpc) is 2.61. The quantitative estimate of drug-likeness (QED) is 0.717. The van der Waals surface area contributed by atoms with E-state index in [4.69, 9.17) is 4.74 Å². The number of rotatable bonds is 8. The van der Waals surface area contributed by atoms with Crippen LogP contribution in [0.25, 0.3) is 0 Å². The van der Waals surface area contributed by atoms with Crippen LogP contribution in [-0.4, -0.2) is 31.2 Å². The summed E-state index contributed by atoms with van der Waals surface area (Å²) in [6, 6.07) is 12.4. The Balaban J connectivity index is 2.08. The number of nitrogens with one attached hydrogen (secondary N) is 1. The van der Waals surface area contributed by atoms with Crippen molar-refractivity contribution in [2.24, 2.45) is 0 Å². The van der Waals surface area contributed by atoms with Crippen LogP contribution in [0.2, 0.25) is 0 Å². The van der Waals surface area contributed by atoms with Crippen LogP contribution in [0.1, 0.15) is 18.4 Å². The van der Waals surface area contributed by atoms with E-state index >= 15 is 0 Å². The molecule has 0 aliphatic heterocycles. The Morgan fingerprint density at radius 1 is 1.04 bits per heavy atom. The second kappa shape index (κ2) is 9.74. The zero-order valence-electron chi connectivity index (χ0n) is 14.2. The Morgan fingerprint density at radius 2 is 1.72 bits per heavy atom. The molecule has 2 aromatic carbocycles. The second-order valence-corrected chi connectivity index (χ2v) is 5.63. The predicted octanol–water partition coefficient (Wildman–Crippen LogP) is 4.43. The summed E-state index contributed by atoms with van der Waals surface area (Å²) in [6.45, 7) is 1.42. The van der Waals surface area contributed by atoms with Crippen molar-refractivity contribution < 1.29 is 18.3 Å². The van der Waals surface area contributed by atoms with Crippen LogP contribution in [0.4, 0.5) is 19.3 Å². The Hall–Kier alpha value is -2.47. The molecule has 0 aliphatic carbocycles. The highest BCUT2D eigenvalue weighted by molar-refractivity contribution is 5.89. The minimum Gasteiger partial charge on any atom is -0.385 e. The lowest BCUT2D eigenvalue weighted by atomic mass is 10.2. The SMILES string of the molecule is COCCCCN(Cc1ccccc1)C(=O)Nc1c(F)cccc1F. The van der Waals surface area contributed by atoms with Crippen LogP contribution in [0.15, 0.2) is 48.5 Å². The minimum atomic E-state index is -0.799. The molecule has 0 aliphatic rings. The summed E-state index contributed by atoms with van der Waals surface area (Å²) in [5.41, 5.74) is 0.515. The molecule has 0 atom stereocenters. The van der Waals surface area contributed by atoms with Crippen molar-refractivity contribution in [2.75, 3.05) is 25.6 Å². The van der Waals surface area contributed by atoms with Crippen LogP contribution >= 0.6 is 0 Å². The molecule has 134 valence electrons. The number of unbranched alkanes of at least 4 members (excludes halogenated alkanes) is 1. The van der Waals surface area contributed by atoms with Gasteiger partial charge in [-0.1, -0.05) is 36.4 Å². The van der Waals surface area contributed by atoms with Gasteiger partial charge in [-0.25, -0.2) is 13.6 Å². The number of anilines is 1. The minimum absolute atomic E-state index is 0.357. The topological polar surface area (TPSA) is 41.6 Å². The van der Waals surface area contributed by atoms with Gasteiger partial charge in [0, 0.05) is 26.8 Å². The van der Waals surface area contributed by atoms with Gasteiger partial charge in [0.05, 0.1) is 0 Å². The first-order chi connectivity index (χ1) is 12.1. The monoisotopic (exact) mass is 348 g/mol. The maximum atomic E-state index is 13.8. The number of nitrogens with zero attached hydrogens (tertiary/aromatic N) is 1. The molecule has 0 saturated heterocycles. The molecule has 0 saturated carbocycles. The van der Waals surface area contributed by atoms with Gasteiger partial charge in [0.1, 0.15) is 17.3 Å². The molecule has 0 radical (unpaired) electrons. The van der Waals surface area contributed by atoms with Crippen molar-refractivity contribution in [1.82, 2.24) is 4.90 Å². The fourth-order valence-corrected chi connectivity index (χ4v) is 2.41. The van der Waals surface area contributed by atoms with E-state index in [0.717, 1.165) is 30.5 Å². The summed E-state index contributed by atoms with van der Waals surface area (Å²) in [7, 11) is 1.62. The molecule has 2 aromatic rings. The molecule has 4 nitrogen and oxygen atoms in total. The van der Waals surface area contributed by atoms with Crippen LogP contribution in [0.5, 0.6) is 0 Å². The molecule has 0 spiro atoms. The van der Waals surface area contributed by atoms with Gasteiger partial charge >= 0.3 is 6.03 Å². The normalized spacial score (nSPS) is 10.5. The molecule has 0 fully saturated rings. The molecule has 25 heavy (non-hydrogen) atoms. The third-order valence-corrected chi connectivity index (χ3v) is 3.72. The highest BCUT2D eigenvalue weighted by Gasteiger charge is 2.18. The van der Waals surface area contributed by atoms with Gasteiger partial charge in [0.25, 0.3) is 0 Å². The summed E-state index contributed by atoms with van der Waals surface area (Å²) in [5, 5.41) is 2.35. The van der Waals surface area contributed by atoms with Gasteiger partial charge in [-0.2, -0.15) is 0 Å². The third-order valence-electron chi connectivity index (χ3n) is 3.72. The fraction of sp³-hybridized carbons (Fsp3) is 0.316. The molecular formula is C19H22F2N2O2. The van der Waals surface area contributed by atoms with Crippen molar-refractivity contribution >= 4 is 11.7 Å². The Morgan fingerprint density at radius 3 is 2.36 bits per heavy atom. The zero-order chi connectivity index (χ0) is 18.1. The number of hydrogen-bond acceptors (Lipinski definition) is 2. The van der Waals surface area contributed by atoms with E-state index in [1.165, 1.54) is 11.0 Å². The molecule has 6 heteroatoms. The summed E-state index contributed by atoms with van der Waals surface area (Å²) in [4.78, 5) is 14.1. The Kier molecular flexibility index (Phi) is 7.35. The number of carbonyl (C=O) groups is 1. The van der Waals surface area contributed by atoms with Gasteiger partial charge in [0.2, 0.25) is 0 Å². The van der Waals surface area contributed by atoms with Gasteiger partial charge in [-0.3, -0.25) is 0 Å². The van der Waals surface area contributed by atoms with Crippen molar-refractivity contribution in [3.8, 4) is 0 Å². The van der Waals surface area contributed by atoms with E-state index < -0.39 is 23.4 Å². The van der Waals surface area contributed by atoms with Gasteiger partial charge in [-0.15, -0.1) is 0 Å². The number of hydrogen-bond donors (Lipinski definition) is 1. The number of urea groups is 1. The predicted molar refractivity (Wildman–Crippen MR) is 93.3 cm³/mol. The molecule has 1 N–H and O–H groups in total. The van der Waals surface area contributed by atoms with Crippen LogP contribution in [0.3, 0.4) is 0 Å². The van der Waals surface area contributed by atoms with Crippen LogP contribution in [-0.2, 0) is 11.3 Å². The highest BCUT2D eigenvalue weighted by Crippen LogP contribution is 2.19. The molecule has 0 heterocycles. The molecule has 0 unspecified atom stereocenters. The van der Waals surface area contributed by atoms with Crippen molar-refractivity contribution in [2.45, 2.75) is 19.4 Å². The average molecular weight is 348 g/mol. The number of ether oxygens (including phenoxy) is 1. The van der Waals surface area contributed by atoms with E-state index in [9.17, 15) is 13.6 Å². The number of carbonyl (C=O) groups excluding carboxylic acids is 1. The van der Waals surface area contributed by atoms with E-state index in [2.05, 4.69) is 5.32 Å². The van der Waals surface area contributed by atoms with Crippen molar-refractivity contribution in [3.05, 3.63) is 65.7 Å². The van der Waals surface area contributed by atoms with E-state index in [1.54, 1.807) is 7.11 Å². The largest absolute Gasteiger partial charge is 0.385 e. The Bertz CT molecular complexity index is 660. The maximum absolute atomic E-state index is 13.8. The fourth-order valence-electron chi connectivity index (χ4n) is 2.41. The molecule has 0 aromatic heterocycles. The second-order valence-electron chi connectivity index (χ2n) is 5.63. The standard InChI is InChI=1S/C19H22F2N2O2/c1-25-13-6-5-12-23(14-15-8-3-2-4-9-15)19(24)22-18-16(20)10-7-11-17(18)21/h2-4,7-11H,5-6,12-14H2,1H3,(H,22,24). The van der Waals surface area contributed by atoms with E-state index in [0.29, 0.717) is 19.7 Å². The molecule has 2 amide bonds. The van der Waals surface area contributed by atoms with Crippen LogP contribution < -0.4 is 5.32 Å². The Labute approximate surface area is 146 Å². The van der Waals surface area contributed by atoms with Crippen molar-refractivity contribution in [3.63, 3.8) is 0 Å². The lowest BCUT2D eigenvalue weighted by Gasteiger charge is -2.23. The van der Waals surface area contributed by atoms with Gasteiger partial charge in [0.15, 0.2) is 0 Å². The smallest absolute Gasteiger partial charge is 0.322 e. The van der Waals surface area contributed by atoms with Gasteiger partial charge in [-0.05, 0) is 30.5 Å². The number of para-hydroxylation sites is 1. The number of methoxy groups -OCH3 is 1. The third kappa shape index (κ3) is 5.83. The number of amides is 2. The molecular weight excluding hydrogens is 326 g/mol. The number of benzene rings is 2. The summed E-state index contributed by atoms with van der Waals surface area (Å²) < 4.78 is 32.5. The zero-order valence-corrected chi connectivity index (χ0v) is 14.2. The lowest BCUT2D eigenvalue weighted by Crippen LogP contribution is -2.35. The van der Waals surface area contributed by atoms with Gasteiger partial charge < -0.3 is 15.0 Å². The summed E-state index contributed by atoms with van der Waals surface area (Å²) in [6.07, 6.45) is 1.52. The first-order valence-electron chi connectivity index (χ1n) is 8.14.